The molecule has 17 atom stereocenters. The fourth-order valence-corrected chi connectivity index (χ4v) is 5.65. The zero-order chi connectivity index (χ0) is 33.5. The second kappa shape index (κ2) is 17.5. The van der Waals surface area contributed by atoms with E-state index in [2.05, 4.69) is 0 Å². The van der Waals surface area contributed by atoms with Crippen LogP contribution >= 0.6 is 0 Å². The van der Waals surface area contributed by atoms with Gasteiger partial charge in [-0.3, -0.25) is 0 Å². The molecule has 0 saturated carbocycles. The lowest BCUT2D eigenvalue weighted by atomic mass is 9.99. The molecule has 4 rings (SSSR count). The molecule has 0 aliphatic carbocycles. The third-order valence-corrected chi connectivity index (χ3v) is 8.48. The number of aliphatic hydroxyl groups excluding tert-OH is 14. The maximum absolute atomic E-state index is 11.0. The van der Waals surface area contributed by atoms with Crippen molar-refractivity contribution < 1.29 is 121 Å². The zero-order valence-electron chi connectivity index (χ0n) is 25.2. The number of aliphatic hydroxyl groups is 14. The second-order valence-electron chi connectivity index (χ2n) is 11.3. The molecule has 0 aromatic carbocycles. The Bertz CT molecular complexity index is 965. The summed E-state index contributed by atoms with van der Waals surface area (Å²) in [6.45, 7) is -6.84. The van der Waals surface area contributed by atoms with E-state index in [0.717, 1.165) is 0 Å². The molecule has 0 aromatic heterocycles. The van der Waals surface area contributed by atoms with Gasteiger partial charge in [-0.2, -0.15) is 0 Å². The Labute approximate surface area is 270 Å². The summed E-state index contributed by atoms with van der Waals surface area (Å²) in [5.41, 5.74) is 0. The quantitative estimate of drug-likeness (QED) is 0.0839. The van der Waals surface area contributed by atoms with Crippen LogP contribution in [0.2, 0.25) is 0 Å². The first-order valence-electron chi connectivity index (χ1n) is 14.0. The topological polar surface area (TPSA) is 442 Å². The molecule has 0 amide bonds. The van der Waals surface area contributed by atoms with Crippen LogP contribution in [0, 0.1) is 0 Å². The van der Waals surface area contributed by atoms with E-state index < -0.39 is 149 Å². The Morgan fingerprint density at radius 2 is 0.812 bits per heavy atom. The highest BCUT2D eigenvalue weighted by atomic mass is 16.8. The number of hydrogen-bond donors (Lipinski definition) is 14. The van der Waals surface area contributed by atoms with E-state index in [4.69, 9.17) is 33.2 Å². The highest BCUT2D eigenvalue weighted by Gasteiger charge is 2.64. The van der Waals surface area contributed by atoms with Gasteiger partial charge in [0.1, 0.15) is 99.2 Å². The molecule has 4 aliphatic heterocycles. The summed E-state index contributed by atoms with van der Waals surface area (Å²) in [5, 5.41) is 143. The van der Waals surface area contributed by atoms with Crippen molar-refractivity contribution >= 4 is 0 Å². The summed E-state index contributed by atoms with van der Waals surface area (Å²) in [4.78, 5) is 0. The van der Waals surface area contributed by atoms with Crippen molar-refractivity contribution in [1.82, 2.24) is 0 Å². The smallest absolute Gasteiger partial charge is 0.224 e. The van der Waals surface area contributed by atoms with Gasteiger partial charge in [0.15, 0.2) is 6.29 Å². The third kappa shape index (κ3) is 7.77. The molecule has 288 valence electrons. The Hall–Kier alpha value is -0.960. The normalized spacial score (nSPS) is 48.9. The van der Waals surface area contributed by atoms with E-state index in [-0.39, 0.29) is 16.4 Å². The first-order chi connectivity index (χ1) is 21.2. The molecule has 4 fully saturated rings. The average Bonchev–Trinajstić information content (AvgIpc) is 3.55. The van der Waals surface area contributed by atoms with Crippen molar-refractivity contribution in [2.75, 3.05) is 46.2 Å². The first-order valence-corrected chi connectivity index (χ1v) is 14.0. The molecule has 0 unspecified atom stereocenters. The molecule has 24 nitrogen and oxygen atoms in total. The maximum atomic E-state index is 11.0. The molecule has 4 saturated heterocycles. The van der Waals surface area contributed by atoms with Crippen LogP contribution in [-0.2, 0) is 33.2 Å². The van der Waals surface area contributed by atoms with Crippen molar-refractivity contribution in [3.05, 3.63) is 0 Å². The van der Waals surface area contributed by atoms with Crippen molar-refractivity contribution in [3.8, 4) is 0 Å². The fraction of sp³-hybridized carbons (Fsp3) is 1.00. The maximum Gasteiger partial charge on any atom is 0.224 e. The number of rotatable bonds is 13. The summed E-state index contributed by atoms with van der Waals surface area (Å²) in [6, 6.07) is 0. The van der Waals surface area contributed by atoms with Gasteiger partial charge >= 0.3 is 0 Å². The lowest BCUT2D eigenvalue weighted by Crippen LogP contribution is -2.63. The standard InChI is InChI=1S/C24H42O21.3H2O/c25-1-8-12(30)16(34)17(35)21(41-8)45-24(20(38)15(33)11(4-28)44-24)7-40-23(19(37)14(32)10(3-27)43-23)6-39-22(5-29)18(36)13(31)9(2-26)42-22;;;/h8-21,25-38H,1-7H2;3*1H2/t8-,9-,10-,11-,12-,13-,14-,15-,16+,17-,18+,19+,20+,21-,22-,23-,24+;;;/m0.../s1. The van der Waals surface area contributed by atoms with E-state index in [1.807, 2.05) is 0 Å². The van der Waals surface area contributed by atoms with Crippen LogP contribution in [0.25, 0.3) is 0 Å². The molecule has 4 aliphatic rings. The van der Waals surface area contributed by atoms with Gasteiger partial charge in [0.25, 0.3) is 0 Å². The van der Waals surface area contributed by atoms with Crippen LogP contribution < -0.4 is 0 Å². The summed E-state index contributed by atoms with van der Waals surface area (Å²) >= 11 is 0. The highest BCUT2D eigenvalue weighted by molar-refractivity contribution is 5.03. The van der Waals surface area contributed by atoms with Gasteiger partial charge in [-0.1, -0.05) is 0 Å². The predicted molar refractivity (Wildman–Crippen MR) is 145 cm³/mol. The van der Waals surface area contributed by atoms with Crippen molar-refractivity contribution in [1.29, 1.82) is 0 Å². The van der Waals surface area contributed by atoms with Gasteiger partial charge in [0.05, 0.1) is 26.4 Å². The molecule has 4 heterocycles. The average molecular weight is 721 g/mol. The van der Waals surface area contributed by atoms with Gasteiger partial charge in [0.2, 0.25) is 17.4 Å². The minimum absolute atomic E-state index is 0. The minimum atomic E-state index is -2.67. The van der Waals surface area contributed by atoms with E-state index in [9.17, 15) is 71.5 Å². The zero-order valence-corrected chi connectivity index (χ0v) is 25.2. The van der Waals surface area contributed by atoms with Gasteiger partial charge in [-0.25, -0.2) is 0 Å². The van der Waals surface area contributed by atoms with Gasteiger partial charge in [-0.15, -0.1) is 0 Å². The van der Waals surface area contributed by atoms with Gasteiger partial charge < -0.3 is 121 Å². The summed E-state index contributed by atoms with van der Waals surface area (Å²) in [5.74, 6) is -7.73. The Morgan fingerprint density at radius 1 is 0.438 bits per heavy atom. The first kappa shape index (κ1) is 45.1. The van der Waals surface area contributed by atoms with E-state index >= 15 is 0 Å². The molecular weight excluding hydrogens is 672 g/mol. The monoisotopic (exact) mass is 720 g/mol. The third-order valence-electron chi connectivity index (χ3n) is 8.48. The van der Waals surface area contributed by atoms with E-state index in [0.29, 0.717) is 0 Å². The van der Waals surface area contributed by atoms with Crippen LogP contribution in [-0.4, -0.2) is 237 Å². The van der Waals surface area contributed by atoms with Crippen LogP contribution in [0.5, 0.6) is 0 Å². The molecule has 0 aromatic rings. The summed E-state index contributed by atoms with van der Waals surface area (Å²) in [6.07, 6.45) is -25.6. The van der Waals surface area contributed by atoms with Crippen molar-refractivity contribution in [2.24, 2.45) is 0 Å². The minimum Gasteiger partial charge on any atom is -0.412 e. The van der Waals surface area contributed by atoms with Gasteiger partial charge in [0, 0.05) is 0 Å². The van der Waals surface area contributed by atoms with E-state index in [1.165, 1.54) is 0 Å². The van der Waals surface area contributed by atoms with Gasteiger partial charge in [-0.05, 0) is 0 Å². The highest BCUT2D eigenvalue weighted by Crippen LogP contribution is 2.41. The summed E-state index contributed by atoms with van der Waals surface area (Å²) < 4.78 is 38.7. The second-order valence-corrected chi connectivity index (χ2v) is 11.3. The van der Waals surface area contributed by atoms with Crippen LogP contribution in [0.1, 0.15) is 0 Å². The predicted octanol–water partition coefficient (Wildman–Crippen LogP) is -12.2. The molecular formula is C24H48O24. The fourth-order valence-electron chi connectivity index (χ4n) is 5.65. The number of ether oxygens (including phenoxy) is 7. The largest absolute Gasteiger partial charge is 0.412 e. The lowest BCUT2D eigenvalue weighted by molar-refractivity contribution is -0.404. The lowest BCUT2D eigenvalue weighted by Gasteiger charge is -2.44. The van der Waals surface area contributed by atoms with Crippen LogP contribution in [0.3, 0.4) is 0 Å². The van der Waals surface area contributed by atoms with E-state index in [1.54, 1.807) is 0 Å². The molecule has 0 spiro atoms. The molecule has 48 heavy (non-hydrogen) atoms. The molecule has 20 N–H and O–H groups in total. The molecule has 0 bridgehead atoms. The summed E-state index contributed by atoms with van der Waals surface area (Å²) in [7, 11) is 0. The van der Waals surface area contributed by atoms with Crippen LogP contribution in [0.15, 0.2) is 0 Å². The Balaban J connectivity index is 0.00000384. The van der Waals surface area contributed by atoms with Crippen molar-refractivity contribution in [2.45, 2.75) is 103 Å². The Kier molecular flexibility index (Phi) is 16.4. The SMILES string of the molecule is O.O.O.OC[C@@H]1O[C@@H](O[C@@]2(CO[C@@]3(CO[C@@]4(CO)O[C@@H](CO)[C@H](O)[C@H]4O)O[C@@H](CO)[C@H](O)[C@H]3O)O[C@@H](CO)[C@H](O)[C@H]2O)[C@@H](O)[C@H](O)[C@H]1O. The van der Waals surface area contributed by atoms with Crippen molar-refractivity contribution in [3.63, 3.8) is 0 Å². The molecule has 24 heteroatoms. The Morgan fingerprint density at radius 3 is 1.25 bits per heavy atom. The number of hydrogen-bond acceptors (Lipinski definition) is 21. The molecule has 0 radical (unpaired) electrons. The van der Waals surface area contributed by atoms with Crippen LogP contribution in [0.4, 0.5) is 0 Å².